The van der Waals surface area contributed by atoms with Crippen LogP contribution in [0.15, 0.2) is 36.4 Å². The van der Waals surface area contributed by atoms with Crippen LogP contribution in [0.3, 0.4) is 0 Å². The Bertz CT molecular complexity index is 626. The first-order valence-corrected chi connectivity index (χ1v) is 6.64. The summed E-state index contributed by atoms with van der Waals surface area (Å²) in [6.07, 6.45) is 0. The number of benzene rings is 1. The summed E-state index contributed by atoms with van der Waals surface area (Å²) in [4.78, 5) is 17.2. The van der Waals surface area contributed by atoms with Gasteiger partial charge in [0.1, 0.15) is 5.82 Å². The number of aromatic nitrogens is 1. The monoisotopic (exact) mass is 290 g/mol. The molecule has 0 radical (unpaired) electrons. The lowest BCUT2D eigenvalue weighted by Gasteiger charge is -2.22. The fourth-order valence-corrected chi connectivity index (χ4v) is 2.12. The predicted octanol–water partition coefficient (Wildman–Crippen LogP) is 3.90. The minimum Gasteiger partial charge on any atom is -0.476 e. The zero-order chi connectivity index (χ0) is 14.7. The maximum absolute atomic E-state index is 11.1. The van der Waals surface area contributed by atoms with Gasteiger partial charge in [-0.1, -0.05) is 29.3 Å². The van der Waals surface area contributed by atoms with Crippen LogP contribution in [0.2, 0.25) is 5.02 Å². The number of anilines is 2. The van der Waals surface area contributed by atoms with Gasteiger partial charge in [-0.25, -0.2) is 9.78 Å². The standard InChI is InChI=1S/C15H15ClN2O2/c1-3-18(11-6-4-10(2)5-7-11)13-9-8-12(16)14(17-13)15(19)20/h4-9H,3H2,1-2H3,(H,19,20). The van der Waals surface area contributed by atoms with Crippen molar-refractivity contribution in [1.82, 2.24) is 4.98 Å². The second kappa shape index (κ2) is 5.92. The maximum Gasteiger partial charge on any atom is 0.356 e. The Kier molecular flexibility index (Phi) is 4.25. The van der Waals surface area contributed by atoms with Crippen molar-refractivity contribution < 1.29 is 9.90 Å². The second-order valence-corrected chi connectivity index (χ2v) is 4.79. The van der Waals surface area contributed by atoms with Crippen LogP contribution in [0.5, 0.6) is 0 Å². The fourth-order valence-electron chi connectivity index (χ4n) is 1.93. The van der Waals surface area contributed by atoms with E-state index in [0.717, 1.165) is 5.69 Å². The minimum absolute atomic E-state index is 0.130. The van der Waals surface area contributed by atoms with Gasteiger partial charge in [-0.2, -0.15) is 0 Å². The van der Waals surface area contributed by atoms with Crippen molar-refractivity contribution in [3.8, 4) is 0 Å². The lowest BCUT2D eigenvalue weighted by atomic mass is 10.2. The molecule has 2 aromatic rings. The Hall–Kier alpha value is -2.07. The molecule has 1 N–H and O–H groups in total. The highest BCUT2D eigenvalue weighted by atomic mass is 35.5. The third-order valence-corrected chi connectivity index (χ3v) is 3.28. The van der Waals surface area contributed by atoms with Gasteiger partial charge in [0.15, 0.2) is 5.69 Å². The average molecular weight is 291 g/mol. The Morgan fingerprint density at radius 3 is 2.45 bits per heavy atom. The number of carboxylic acids is 1. The summed E-state index contributed by atoms with van der Waals surface area (Å²) in [6.45, 7) is 4.68. The summed E-state index contributed by atoms with van der Waals surface area (Å²) >= 11 is 5.84. The lowest BCUT2D eigenvalue weighted by Crippen LogP contribution is -2.18. The molecule has 0 saturated heterocycles. The quantitative estimate of drug-likeness (QED) is 0.928. The van der Waals surface area contributed by atoms with E-state index >= 15 is 0 Å². The Morgan fingerprint density at radius 2 is 1.90 bits per heavy atom. The Labute approximate surface area is 122 Å². The van der Waals surface area contributed by atoms with Crippen molar-refractivity contribution in [1.29, 1.82) is 0 Å². The first-order chi connectivity index (χ1) is 9.52. The molecule has 1 aromatic carbocycles. The minimum atomic E-state index is -1.13. The molecule has 0 bridgehead atoms. The number of pyridine rings is 1. The maximum atomic E-state index is 11.1. The molecule has 104 valence electrons. The number of rotatable bonds is 4. The number of carboxylic acid groups (broad SMARTS) is 1. The molecular weight excluding hydrogens is 276 g/mol. The van der Waals surface area contributed by atoms with E-state index in [2.05, 4.69) is 4.98 Å². The van der Waals surface area contributed by atoms with Crippen molar-refractivity contribution in [2.45, 2.75) is 13.8 Å². The van der Waals surface area contributed by atoms with E-state index in [1.54, 1.807) is 12.1 Å². The van der Waals surface area contributed by atoms with Gasteiger partial charge in [-0.3, -0.25) is 0 Å². The number of aromatic carboxylic acids is 1. The number of halogens is 1. The van der Waals surface area contributed by atoms with Crippen LogP contribution in [-0.2, 0) is 0 Å². The Balaban J connectivity index is 2.44. The van der Waals surface area contributed by atoms with Gasteiger partial charge in [0.25, 0.3) is 0 Å². The zero-order valence-corrected chi connectivity index (χ0v) is 12.1. The largest absolute Gasteiger partial charge is 0.476 e. The smallest absolute Gasteiger partial charge is 0.356 e. The van der Waals surface area contributed by atoms with Gasteiger partial charge in [0, 0.05) is 12.2 Å². The van der Waals surface area contributed by atoms with E-state index in [4.69, 9.17) is 16.7 Å². The molecule has 4 nitrogen and oxygen atoms in total. The number of aryl methyl sites for hydroxylation is 1. The van der Waals surface area contributed by atoms with Crippen LogP contribution in [0, 0.1) is 6.92 Å². The van der Waals surface area contributed by atoms with Gasteiger partial charge in [-0.15, -0.1) is 0 Å². The van der Waals surface area contributed by atoms with Crippen LogP contribution < -0.4 is 4.90 Å². The number of hydrogen-bond donors (Lipinski definition) is 1. The topological polar surface area (TPSA) is 53.4 Å². The summed E-state index contributed by atoms with van der Waals surface area (Å²) in [5.41, 5.74) is 2.00. The highest BCUT2D eigenvalue weighted by molar-refractivity contribution is 6.33. The Morgan fingerprint density at radius 1 is 1.25 bits per heavy atom. The van der Waals surface area contributed by atoms with E-state index in [0.29, 0.717) is 12.4 Å². The van der Waals surface area contributed by atoms with Gasteiger partial charge >= 0.3 is 5.97 Å². The van der Waals surface area contributed by atoms with E-state index in [1.807, 2.05) is 43.0 Å². The molecule has 0 saturated carbocycles. The summed E-state index contributed by atoms with van der Waals surface area (Å²) in [5, 5.41) is 9.23. The first kappa shape index (κ1) is 14.3. The van der Waals surface area contributed by atoms with Gasteiger partial charge in [0.05, 0.1) is 5.02 Å². The van der Waals surface area contributed by atoms with Gasteiger partial charge in [0.2, 0.25) is 0 Å². The van der Waals surface area contributed by atoms with Crippen molar-refractivity contribution in [2.24, 2.45) is 0 Å². The van der Waals surface area contributed by atoms with Crippen LogP contribution in [0.1, 0.15) is 23.0 Å². The first-order valence-electron chi connectivity index (χ1n) is 6.27. The van der Waals surface area contributed by atoms with Crippen LogP contribution in [0.4, 0.5) is 11.5 Å². The molecular formula is C15H15ClN2O2. The third kappa shape index (κ3) is 2.91. The third-order valence-electron chi connectivity index (χ3n) is 2.97. The van der Waals surface area contributed by atoms with Crippen molar-refractivity contribution >= 4 is 29.1 Å². The molecule has 0 aliphatic carbocycles. The summed E-state index contributed by atoms with van der Waals surface area (Å²) < 4.78 is 0. The molecule has 0 aliphatic rings. The molecule has 1 aromatic heterocycles. The van der Waals surface area contributed by atoms with Crippen molar-refractivity contribution in [2.75, 3.05) is 11.4 Å². The molecule has 0 unspecified atom stereocenters. The lowest BCUT2D eigenvalue weighted by molar-refractivity contribution is 0.0691. The number of hydrogen-bond acceptors (Lipinski definition) is 3. The number of carbonyl (C=O) groups is 1. The van der Waals surface area contributed by atoms with Crippen LogP contribution in [0.25, 0.3) is 0 Å². The molecule has 2 rings (SSSR count). The molecule has 0 spiro atoms. The highest BCUT2D eigenvalue weighted by Gasteiger charge is 2.15. The highest BCUT2D eigenvalue weighted by Crippen LogP contribution is 2.26. The fraction of sp³-hybridized carbons (Fsp3) is 0.200. The molecule has 20 heavy (non-hydrogen) atoms. The number of nitrogens with zero attached hydrogens (tertiary/aromatic N) is 2. The predicted molar refractivity (Wildman–Crippen MR) is 80.1 cm³/mol. The summed E-state index contributed by atoms with van der Waals surface area (Å²) in [5.74, 6) is -0.560. The molecule has 1 heterocycles. The molecule has 5 heteroatoms. The van der Waals surface area contributed by atoms with E-state index in [1.165, 1.54) is 5.56 Å². The van der Waals surface area contributed by atoms with Gasteiger partial charge in [-0.05, 0) is 38.1 Å². The molecule has 0 fully saturated rings. The second-order valence-electron chi connectivity index (χ2n) is 4.38. The SMILES string of the molecule is CCN(c1ccc(C)cc1)c1ccc(Cl)c(C(=O)O)n1. The van der Waals surface area contributed by atoms with Crippen molar-refractivity contribution in [3.05, 3.63) is 52.7 Å². The average Bonchev–Trinajstić information content (AvgIpc) is 2.43. The van der Waals surface area contributed by atoms with E-state index < -0.39 is 5.97 Å². The molecule has 0 amide bonds. The van der Waals surface area contributed by atoms with Gasteiger partial charge < -0.3 is 10.0 Å². The molecule has 0 atom stereocenters. The zero-order valence-electron chi connectivity index (χ0n) is 11.3. The van der Waals surface area contributed by atoms with E-state index in [9.17, 15) is 4.79 Å². The molecule has 0 aliphatic heterocycles. The summed E-state index contributed by atoms with van der Waals surface area (Å²) in [6, 6.07) is 11.3. The summed E-state index contributed by atoms with van der Waals surface area (Å²) in [7, 11) is 0. The van der Waals surface area contributed by atoms with E-state index in [-0.39, 0.29) is 10.7 Å². The van der Waals surface area contributed by atoms with Crippen LogP contribution >= 0.6 is 11.6 Å². The van der Waals surface area contributed by atoms with Crippen LogP contribution in [-0.4, -0.2) is 22.6 Å². The van der Waals surface area contributed by atoms with Crippen molar-refractivity contribution in [3.63, 3.8) is 0 Å². The normalized spacial score (nSPS) is 10.3.